The first-order valence-corrected chi connectivity index (χ1v) is 3.94. The number of carboxylic acids is 1. The number of hydrogen-bond acceptors (Lipinski definition) is 3. The minimum atomic E-state index is -1.22. The molecule has 0 atom stereocenters. The minimum Gasteiger partial charge on any atom is -0.472 e. The van der Waals surface area contributed by atoms with Gasteiger partial charge in [0.25, 0.3) is 5.69 Å². The number of carboxylic acid groups (broad SMARTS) is 1. The molecular weight excluding hydrogens is 222 g/mol. The first-order valence-electron chi connectivity index (χ1n) is 3.57. The fourth-order valence-corrected chi connectivity index (χ4v) is 0.689. The standard InChI is InChI=1S/C6H4ClNO2.C3H2O2/c7-5-1-3-6(4-2-5)8(9)10;1-2-3(4)5/h1-4H;1H,(H,4,5). The zero-order chi connectivity index (χ0) is 11.8. The topological polar surface area (TPSA) is 80.4 Å². The van der Waals surface area contributed by atoms with Crippen LogP contribution in [0.1, 0.15) is 0 Å². The van der Waals surface area contributed by atoms with Crippen molar-refractivity contribution in [2.45, 2.75) is 0 Å². The monoisotopic (exact) mass is 227 g/mol. The third-order valence-corrected chi connectivity index (χ3v) is 1.41. The van der Waals surface area contributed by atoms with Gasteiger partial charge in [-0.2, -0.15) is 0 Å². The molecule has 0 heterocycles. The Labute approximate surface area is 90.4 Å². The van der Waals surface area contributed by atoms with Gasteiger partial charge in [-0.25, -0.2) is 4.79 Å². The Balaban J connectivity index is 0.000000336. The molecule has 0 aliphatic heterocycles. The van der Waals surface area contributed by atoms with Gasteiger partial charge in [0.15, 0.2) is 0 Å². The van der Waals surface area contributed by atoms with Crippen LogP contribution < -0.4 is 0 Å². The van der Waals surface area contributed by atoms with Crippen LogP contribution in [0.25, 0.3) is 0 Å². The molecular formula is C9H6ClNO4. The SMILES string of the molecule is C#CC(=O)O.O=[N+]([O-])c1ccc(Cl)cc1. The summed E-state index contributed by atoms with van der Waals surface area (Å²) in [5.41, 5.74) is 0.0596. The molecule has 5 nitrogen and oxygen atoms in total. The number of hydrogen-bond donors (Lipinski definition) is 1. The molecule has 0 radical (unpaired) electrons. The summed E-state index contributed by atoms with van der Waals surface area (Å²) in [7, 11) is 0. The summed E-state index contributed by atoms with van der Waals surface area (Å²) in [5, 5.41) is 18.1. The second-order valence-corrected chi connectivity index (χ2v) is 2.62. The van der Waals surface area contributed by atoms with Gasteiger partial charge in [0, 0.05) is 23.1 Å². The van der Waals surface area contributed by atoms with E-state index in [2.05, 4.69) is 6.42 Å². The molecule has 0 bridgehead atoms. The molecule has 78 valence electrons. The number of carbonyl (C=O) groups is 1. The molecule has 0 aliphatic rings. The maximum absolute atomic E-state index is 10.1. The zero-order valence-corrected chi connectivity index (χ0v) is 8.14. The highest BCUT2D eigenvalue weighted by Crippen LogP contribution is 2.14. The van der Waals surface area contributed by atoms with Gasteiger partial charge in [-0.3, -0.25) is 10.1 Å². The zero-order valence-electron chi connectivity index (χ0n) is 7.38. The molecule has 0 amide bonds. The number of nitro groups is 1. The lowest BCUT2D eigenvalue weighted by Crippen LogP contribution is -1.85. The van der Waals surface area contributed by atoms with E-state index in [9.17, 15) is 10.1 Å². The Hall–Kier alpha value is -2.06. The molecule has 0 fully saturated rings. The molecule has 6 heteroatoms. The summed E-state index contributed by atoms with van der Waals surface area (Å²) in [5.74, 6) is 0.227. The normalized spacial score (nSPS) is 8.00. The first kappa shape index (κ1) is 12.9. The van der Waals surface area contributed by atoms with E-state index >= 15 is 0 Å². The van der Waals surface area contributed by atoms with Crippen molar-refractivity contribution in [3.05, 3.63) is 39.4 Å². The van der Waals surface area contributed by atoms with Crippen molar-refractivity contribution >= 4 is 23.3 Å². The van der Waals surface area contributed by atoms with Gasteiger partial charge >= 0.3 is 5.97 Å². The highest BCUT2D eigenvalue weighted by atomic mass is 35.5. The Morgan fingerprint density at radius 1 is 1.47 bits per heavy atom. The molecule has 1 N–H and O–H groups in total. The van der Waals surface area contributed by atoms with Crippen LogP contribution in [-0.4, -0.2) is 16.0 Å². The van der Waals surface area contributed by atoms with Gasteiger partial charge in [0.2, 0.25) is 0 Å². The van der Waals surface area contributed by atoms with Gasteiger partial charge < -0.3 is 5.11 Å². The highest BCUT2D eigenvalue weighted by Gasteiger charge is 2.01. The minimum absolute atomic E-state index is 0.0596. The number of aliphatic carboxylic acids is 1. The highest BCUT2D eigenvalue weighted by molar-refractivity contribution is 6.30. The van der Waals surface area contributed by atoms with Crippen LogP contribution in [0.4, 0.5) is 5.69 Å². The lowest BCUT2D eigenvalue weighted by molar-refractivity contribution is -0.384. The van der Waals surface area contributed by atoms with E-state index in [1.165, 1.54) is 30.2 Å². The van der Waals surface area contributed by atoms with Crippen LogP contribution in [0, 0.1) is 22.5 Å². The fraction of sp³-hybridized carbons (Fsp3) is 0. The molecule has 0 saturated carbocycles. The van der Waals surface area contributed by atoms with Gasteiger partial charge in [-0.15, -0.1) is 6.42 Å². The van der Waals surface area contributed by atoms with Gasteiger partial charge in [-0.05, 0) is 12.1 Å². The van der Waals surface area contributed by atoms with Gasteiger partial charge in [-0.1, -0.05) is 11.6 Å². The van der Waals surface area contributed by atoms with Crippen LogP contribution in [0.3, 0.4) is 0 Å². The molecule has 0 aromatic heterocycles. The molecule has 0 unspecified atom stereocenters. The average Bonchev–Trinajstić information content (AvgIpc) is 2.19. The maximum Gasteiger partial charge on any atom is 0.381 e. The van der Waals surface area contributed by atoms with E-state index in [0.29, 0.717) is 5.02 Å². The van der Waals surface area contributed by atoms with Crippen molar-refractivity contribution in [1.29, 1.82) is 0 Å². The summed E-state index contributed by atoms with van der Waals surface area (Å²) >= 11 is 5.49. The number of benzene rings is 1. The summed E-state index contributed by atoms with van der Waals surface area (Å²) in [4.78, 5) is 18.7. The van der Waals surface area contributed by atoms with E-state index in [1.807, 2.05) is 0 Å². The summed E-state index contributed by atoms with van der Waals surface area (Å²) in [6, 6.07) is 5.70. The van der Waals surface area contributed by atoms with E-state index < -0.39 is 10.9 Å². The Morgan fingerprint density at radius 2 is 1.87 bits per heavy atom. The summed E-state index contributed by atoms with van der Waals surface area (Å²) in [6.45, 7) is 0. The number of non-ortho nitro benzene ring substituents is 1. The Kier molecular flexibility index (Phi) is 5.52. The van der Waals surface area contributed by atoms with Crippen LogP contribution in [0.15, 0.2) is 24.3 Å². The smallest absolute Gasteiger partial charge is 0.381 e. The van der Waals surface area contributed by atoms with E-state index in [0.717, 1.165) is 0 Å². The molecule has 0 spiro atoms. The molecule has 0 aliphatic carbocycles. The molecule has 1 rings (SSSR count). The van der Waals surface area contributed by atoms with Crippen LogP contribution in [-0.2, 0) is 4.79 Å². The molecule has 1 aromatic rings. The predicted octanol–water partition coefficient (Wildman–Crippen LogP) is 1.95. The van der Waals surface area contributed by atoms with Crippen molar-refractivity contribution < 1.29 is 14.8 Å². The number of rotatable bonds is 1. The Morgan fingerprint density at radius 3 is 2.13 bits per heavy atom. The lowest BCUT2D eigenvalue weighted by Gasteiger charge is -1.88. The van der Waals surface area contributed by atoms with Crippen LogP contribution >= 0.6 is 11.6 Å². The maximum atomic E-state index is 10.1. The number of halogens is 1. The van der Waals surface area contributed by atoms with Crippen LogP contribution in [0.5, 0.6) is 0 Å². The fourth-order valence-electron chi connectivity index (χ4n) is 0.563. The molecule has 0 saturated heterocycles. The lowest BCUT2D eigenvalue weighted by atomic mass is 10.3. The second-order valence-electron chi connectivity index (χ2n) is 2.18. The molecule has 1 aromatic carbocycles. The third-order valence-electron chi connectivity index (χ3n) is 1.16. The number of terminal acetylenes is 1. The number of nitro benzene ring substituents is 1. The largest absolute Gasteiger partial charge is 0.472 e. The van der Waals surface area contributed by atoms with Crippen LogP contribution in [0.2, 0.25) is 5.02 Å². The van der Waals surface area contributed by atoms with E-state index in [4.69, 9.17) is 21.5 Å². The van der Waals surface area contributed by atoms with E-state index in [-0.39, 0.29) is 5.69 Å². The van der Waals surface area contributed by atoms with Crippen molar-refractivity contribution in [2.75, 3.05) is 0 Å². The number of nitrogens with zero attached hydrogens (tertiary/aromatic N) is 1. The third kappa shape index (κ3) is 6.07. The van der Waals surface area contributed by atoms with Gasteiger partial charge in [0.05, 0.1) is 4.92 Å². The van der Waals surface area contributed by atoms with E-state index in [1.54, 1.807) is 0 Å². The predicted molar refractivity (Wildman–Crippen MR) is 54.6 cm³/mol. The summed E-state index contributed by atoms with van der Waals surface area (Å²) in [6.07, 6.45) is 4.32. The van der Waals surface area contributed by atoms with Gasteiger partial charge in [0.1, 0.15) is 0 Å². The van der Waals surface area contributed by atoms with Crippen molar-refractivity contribution in [1.82, 2.24) is 0 Å². The van der Waals surface area contributed by atoms with Crippen molar-refractivity contribution in [3.63, 3.8) is 0 Å². The average molecular weight is 228 g/mol. The van der Waals surface area contributed by atoms with Crippen molar-refractivity contribution in [2.24, 2.45) is 0 Å². The molecule has 15 heavy (non-hydrogen) atoms. The first-order chi connectivity index (χ1) is 6.97. The second kappa shape index (κ2) is 6.40. The Bertz CT molecular complexity index is 394. The summed E-state index contributed by atoms with van der Waals surface area (Å²) < 4.78 is 0. The quantitative estimate of drug-likeness (QED) is 0.452. The van der Waals surface area contributed by atoms with Crippen molar-refractivity contribution in [3.8, 4) is 12.3 Å².